The van der Waals surface area contributed by atoms with Crippen molar-refractivity contribution in [2.75, 3.05) is 0 Å². The average Bonchev–Trinajstić information content (AvgIpc) is 2.59. The highest BCUT2D eigenvalue weighted by Gasteiger charge is 2.23. The van der Waals surface area contributed by atoms with Crippen molar-refractivity contribution in [3.63, 3.8) is 0 Å². The summed E-state index contributed by atoms with van der Waals surface area (Å²) in [6.07, 6.45) is 3.33. The minimum atomic E-state index is -1.09. The summed E-state index contributed by atoms with van der Waals surface area (Å²) < 4.78 is 1.50. The molecule has 17 heavy (non-hydrogen) atoms. The van der Waals surface area contributed by atoms with Gasteiger partial charge in [0.1, 0.15) is 0 Å². The Balaban J connectivity index is 2.74. The summed E-state index contributed by atoms with van der Waals surface area (Å²) in [7, 11) is 1.69. The van der Waals surface area contributed by atoms with Crippen LogP contribution in [0.4, 0.5) is 0 Å². The van der Waals surface area contributed by atoms with E-state index in [0.717, 1.165) is 0 Å². The molecule has 1 aromatic heterocycles. The number of nitrogens with zero attached hydrogens (tertiary/aromatic N) is 2. The van der Waals surface area contributed by atoms with Crippen LogP contribution < -0.4 is 5.32 Å². The van der Waals surface area contributed by atoms with E-state index in [2.05, 4.69) is 10.4 Å². The van der Waals surface area contributed by atoms with Crippen LogP contribution in [-0.4, -0.2) is 26.8 Å². The Morgan fingerprint density at radius 1 is 1.53 bits per heavy atom. The van der Waals surface area contributed by atoms with Gasteiger partial charge in [0.05, 0.1) is 6.20 Å². The van der Waals surface area contributed by atoms with Gasteiger partial charge >= 0.3 is 5.97 Å². The molecule has 0 aliphatic rings. The quantitative estimate of drug-likeness (QED) is 0.792. The number of aromatic nitrogens is 2. The predicted octanol–water partition coefficient (Wildman–Crippen LogP) is 0.708. The van der Waals surface area contributed by atoms with Crippen LogP contribution in [0.3, 0.4) is 0 Å². The maximum Gasteiger partial charge on any atom is 0.331 e. The van der Waals surface area contributed by atoms with Gasteiger partial charge < -0.3 is 10.4 Å². The van der Waals surface area contributed by atoms with Gasteiger partial charge in [0.15, 0.2) is 6.04 Å². The van der Waals surface area contributed by atoms with Crippen LogP contribution in [0, 0.1) is 5.92 Å². The Labute approximate surface area is 99.6 Å². The first-order valence-electron chi connectivity index (χ1n) is 5.41. The number of aryl methyl sites for hydroxylation is 1. The fraction of sp³-hybridized carbons (Fsp3) is 0.545. The number of nitrogens with one attached hydrogen (secondary N) is 1. The molecule has 1 amide bonds. The summed E-state index contributed by atoms with van der Waals surface area (Å²) in [5.41, 5.74) is 0.470. The lowest BCUT2D eigenvalue weighted by atomic mass is 10.1. The molecular formula is C11H17N3O3. The van der Waals surface area contributed by atoms with E-state index in [0.29, 0.717) is 12.0 Å². The van der Waals surface area contributed by atoms with E-state index in [1.807, 2.05) is 13.8 Å². The Kier molecular flexibility index (Phi) is 4.25. The molecule has 1 rings (SSSR count). The monoisotopic (exact) mass is 239 g/mol. The van der Waals surface area contributed by atoms with Gasteiger partial charge in [0.25, 0.3) is 0 Å². The van der Waals surface area contributed by atoms with Crippen LogP contribution in [0.5, 0.6) is 0 Å². The largest absolute Gasteiger partial charge is 0.479 e. The van der Waals surface area contributed by atoms with Crippen LogP contribution >= 0.6 is 0 Å². The average molecular weight is 239 g/mol. The number of amides is 1. The van der Waals surface area contributed by atoms with Crippen molar-refractivity contribution in [2.45, 2.75) is 26.3 Å². The van der Waals surface area contributed by atoms with Gasteiger partial charge in [-0.3, -0.25) is 9.48 Å². The zero-order valence-corrected chi connectivity index (χ0v) is 10.2. The number of carbonyl (C=O) groups excluding carboxylic acids is 1. The van der Waals surface area contributed by atoms with Crippen molar-refractivity contribution in [3.05, 3.63) is 18.0 Å². The van der Waals surface area contributed by atoms with Gasteiger partial charge in [-0.25, -0.2) is 4.79 Å². The molecule has 0 saturated carbocycles. The standard InChI is InChI=1S/C11H17N3O3/c1-7(2)4-9(15)13-10(11(16)17)8-5-12-14(3)6-8/h5-7,10H,4H2,1-3H3,(H,13,15)(H,16,17). The first-order chi connectivity index (χ1) is 7.90. The maximum atomic E-state index is 11.5. The van der Waals surface area contributed by atoms with Crippen molar-refractivity contribution in [1.82, 2.24) is 15.1 Å². The molecule has 0 aromatic carbocycles. The minimum absolute atomic E-state index is 0.193. The molecule has 6 heteroatoms. The van der Waals surface area contributed by atoms with Gasteiger partial charge in [-0.1, -0.05) is 13.8 Å². The predicted molar refractivity (Wildman–Crippen MR) is 61.2 cm³/mol. The highest BCUT2D eigenvalue weighted by molar-refractivity contribution is 5.84. The third kappa shape index (κ3) is 3.90. The Bertz CT molecular complexity index is 412. The second kappa shape index (κ2) is 5.47. The van der Waals surface area contributed by atoms with E-state index >= 15 is 0 Å². The first-order valence-corrected chi connectivity index (χ1v) is 5.41. The fourth-order valence-corrected chi connectivity index (χ4v) is 1.47. The summed E-state index contributed by atoms with van der Waals surface area (Å²) in [6, 6.07) is -1.03. The number of carboxylic acids is 1. The Morgan fingerprint density at radius 3 is 2.59 bits per heavy atom. The van der Waals surface area contributed by atoms with E-state index in [1.165, 1.54) is 10.9 Å². The molecule has 1 heterocycles. The van der Waals surface area contributed by atoms with Gasteiger partial charge in [0.2, 0.25) is 5.91 Å². The van der Waals surface area contributed by atoms with E-state index in [-0.39, 0.29) is 11.8 Å². The zero-order chi connectivity index (χ0) is 13.0. The second-order valence-corrected chi connectivity index (χ2v) is 4.38. The molecule has 0 radical (unpaired) electrons. The van der Waals surface area contributed by atoms with Crippen LogP contribution in [0.1, 0.15) is 31.9 Å². The number of carboxylic acid groups (broad SMARTS) is 1. The molecular weight excluding hydrogens is 222 g/mol. The van der Waals surface area contributed by atoms with Crippen molar-refractivity contribution in [1.29, 1.82) is 0 Å². The van der Waals surface area contributed by atoms with Crippen molar-refractivity contribution in [3.8, 4) is 0 Å². The van der Waals surface area contributed by atoms with Gasteiger partial charge in [-0.2, -0.15) is 5.10 Å². The van der Waals surface area contributed by atoms with Crippen LogP contribution in [0.2, 0.25) is 0 Å². The van der Waals surface area contributed by atoms with E-state index in [1.54, 1.807) is 13.2 Å². The molecule has 0 aliphatic carbocycles. The minimum Gasteiger partial charge on any atom is -0.479 e. The molecule has 1 aromatic rings. The van der Waals surface area contributed by atoms with Crippen molar-refractivity contribution < 1.29 is 14.7 Å². The molecule has 1 unspecified atom stereocenters. The topological polar surface area (TPSA) is 84.2 Å². The normalized spacial score (nSPS) is 12.5. The molecule has 0 fully saturated rings. The van der Waals surface area contributed by atoms with Crippen molar-refractivity contribution >= 4 is 11.9 Å². The summed E-state index contributed by atoms with van der Waals surface area (Å²) in [5.74, 6) is -1.16. The lowest BCUT2D eigenvalue weighted by Gasteiger charge is -2.13. The summed E-state index contributed by atoms with van der Waals surface area (Å²) in [6.45, 7) is 3.80. The fourth-order valence-electron chi connectivity index (χ4n) is 1.47. The number of hydrogen-bond acceptors (Lipinski definition) is 3. The van der Waals surface area contributed by atoms with Gasteiger partial charge in [0, 0.05) is 25.2 Å². The summed E-state index contributed by atoms with van der Waals surface area (Å²) >= 11 is 0. The molecule has 0 spiro atoms. The van der Waals surface area contributed by atoms with E-state index in [4.69, 9.17) is 5.11 Å². The third-order valence-electron chi connectivity index (χ3n) is 2.20. The Hall–Kier alpha value is -1.85. The molecule has 94 valence electrons. The molecule has 1 atom stereocenters. The number of rotatable bonds is 5. The van der Waals surface area contributed by atoms with E-state index < -0.39 is 12.0 Å². The molecule has 0 aliphatic heterocycles. The molecule has 6 nitrogen and oxygen atoms in total. The highest BCUT2D eigenvalue weighted by atomic mass is 16.4. The second-order valence-electron chi connectivity index (χ2n) is 4.38. The van der Waals surface area contributed by atoms with E-state index in [9.17, 15) is 9.59 Å². The van der Waals surface area contributed by atoms with Crippen molar-refractivity contribution in [2.24, 2.45) is 13.0 Å². The molecule has 0 saturated heterocycles. The third-order valence-corrected chi connectivity index (χ3v) is 2.20. The molecule has 2 N–H and O–H groups in total. The lowest BCUT2D eigenvalue weighted by molar-refractivity contribution is -0.142. The summed E-state index contributed by atoms with van der Waals surface area (Å²) in [5, 5.41) is 15.4. The summed E-state index contributed by atoms with van der Waals surface area (Å²) in [4.78, 5) is 22.6. The SMILES string of the molecule is CC(C)CC(=O)NC(C(=O)O)c1cnn(C)c1. The van der Waals surface area contributed by atoms with Crippen LogP contribution in [-0.2, 0) is 16.6 Å². The van der Waals surface area contributed by atoms with Gasteiger partial charge in [-0.05, 0) is 5.92 Å². The smallest absolute Gasteiger partial charge is 0.331 e. The zero-order valence-electron chi connectivity index (χ0n) is 10.2. The van der Waals surface area contributed by atoms with Crippen LogP contribution in [0.25, 0.3) is 0 Å². The Morgan fingerprint density at radius 2 is 2.18 bits per heavy atom. The van der Waals surface area contributed by atoms with Crippen LogP contribution in [0.15, 0.2) is 12.4 Å². The van der Waals surface area contributed by atoms with Gasteiger partial charge in [-0.15, -0.1) is 0 Å². The number of aliphatic carboxylic acids is 1. The lowest BCUT2D eigenvalue weighted by Crippen LogP contribution is -2.34. The highest BCUT2D eigenvalue weighted by Crippen LogP contribution is 2.12. The first kappa shape index (κ1) is 13.2. The molecule has 0 bridgehead atoms. The number of hydrogen-bond donors (Lipinski definition) is 2. The maximum absolute atomic E-state index is 11.5. The number of carbonyl (C=O) groups is 2.